The molecule has 1 aliphatic heterocycles. The van der Waals surface area contributed by atoms with Gasteiger partial charge in [0.1, 0.15) is 5.75 Å². The Hall–Kier alpha value is -2.53. The molecule has 1 aliphatic rings. The first kappa shape index (κ1) is 16.3. The van der Waals surface area contributed by atoms with Crippen LogP contribution in [-0.4, -0.2) is 25.0 Å². The Labute approximate surface area is 145 Å². The van der Waals surface area contributed by atoms with Gasteiger partial charge in [0.25, 0.3) is 11.8 Å². The molecule has 24 heavy (non-hydrogen) atoms. The van der Waals surface area contributed by atoms with Crippen LogP contribution in [0.2, 0.25) is 5.02 Å². The third-order valence-electron chi connectivity index (χ3n) is 3.73. The molecule has 0 saturated heterocycles. The van der Waals surface area contributed by atoms with Crippen LogP contribution in [0.4, 0.5) is 11.4 Å². The second kappa shape index (κ2) is 6.93. The maximum absolute atomic E-state index is 12.3. The average molecular weight is 345 g/mol. The lowest BCUT2D eigenvalue weighted by Gasteiger charge is -2.29. The molecule has 5 nitrogen and oxygen atoms in total. The lowest BCUT2D eigenvalue weighted by Crippen LogP contribution is -2.39. The van der Waals surface area contributed by atoms with E-state index in [4.69, 9.17) is 16.3 Å². The van der Waals surface area contributed by atoms with Crippen molar-refractivity contribution in [3.05, 3.63) is 53.1 Å². The molecule has 0 bridgehead atoms. The van der Waals surface area contributed by atoms with Crippen LogP contribution in [0.15, 0.2) is 42.5 Å². The number of hydrogen-bond acceptors (Lipinski definition) is 3. The Morgan fingerprint density at radius 3 is 2.83 bits per heavy atom. The number of ether oxygens (including phenoxy) is 1. The summed E-state index contributed by atoms with van der Waals surface area (Å²) < 4.78 is 5.50. The Kier molecular flexibility index (Phi) is 4.71. The highest BCUT2D eigenvalue weighted by Gasteiger charge is 2.25. The van der Waals surface area contributed by atoms with Crippen LogP contribution in [0.3, 0.4) is 0 Å². The van der Waals surface area contributed by atoms with Crippen molar-refractivity contribution >= 4 is 34.8 Å². The monoisotopic (exact) mass is 344 g/mol. The molecule has 0 fully saturated rings. The van der Waals surface area contributed by atoms with Crippen LogP contribution < -0.4 is 15.0 Å². The predicted octanol–water partition coefficient (Wildman–Crippen LogP) is 3.73. The molecule has 2 aromatic carbocycles. The smallest absolute Gasteiger partial charge is 0.265 e. The second-order valence-electron chi connectivity index (χ2n) is 5.45. The van der Waals surface area contributed by atoms with Crippen LogP contribution >= 0.6 is 11.6 Å². The van der Waals surface area contributed by atoms with Gasteiger partial charge in [0.15, 0.2) is 6.61 Å². The summed E-state index contributed by atoms with van der Waals surface area (Å²) in [7, 11) is 0. The second-order valence-corrected chi connectivity index (χ2v) is 5.86. The van der Waals surface area contributed by atoms with Gasteiger partial charge in [-0.25, -0.2) is 0 Å². The van der Waals surface area contributed by atoms with Gasteiger partial charge in [0, 0.05) is 18.3 Å². The molecule has 0 aromatic heterocycles. The molecule has 1 N–H and O–H groups in total. The lowest BCUT2D eigenvalue weighted by atomic mass is 10.1. The Balaban J connectivity index is 1.83. The summed E-state index contributed by atoms with van der Waals surface area (Å²) in [6.07, 6.45) is 0.857. The van der Waals surface area contributed by atoms with E-state index in [1.807, 2.05) is 6.92 Å². The van der Waals surface area contributed by atoms with E-state index in [-0.39, 0.29) is 18.4 Å². The van der Waals surface area contributed by atoms with Crippen molar-refractivity contribution in [1.29, 1.82) is 0 Å². The first-order chi connectivity index (χ1) is 11.6. The molecule has 0 aliphatic carbocycles. The number of benzene rings is 2. The van der Waals surface area contributed by atoms with Gasteiger partial charge < -0.3 is 15.0 Å². The normalized spacial score (nSPS) is 13.2. The SMILES string of the molecule is CCCN1C(=O)COc2cc(NC(=O)c3ccccc3Cl)ccc21. The standard InChI is InChI=1S/C18H17ClN2O3/c1-2-9-21-15-8-7-12(10-16(15)24-11-17(21)22)20-18(23)13-5-3-4-6-14(13)19/h3-8,10H,2,9,11H2,1H3,(H,20,23). The summed E-state index contributed by atoms with van der Waals surface area (Å²) >= 11 is 6.04. The largest absolute Gasteiger partial charge is 0.481 e. The van der Waals surface area contributed by atoms with Crippen LogP contribution in [0, 0.1) is 0 Å². The highest BCUT2D eigenvalue weighted by Crippen LogP contribution is 2.34. The van der Waals surface area contributed by atoms with E-state index >= 15 is 0 Å². The van der Waals surface area contributed by atoms with Crippen molar-refractivity contribution in [2.45, 2.75) is 13.3 Å². The number of amides is 2. The molecule has 0 spiro atoms. The van der Waals surface area contributed by atoms with Gasteiger partial charge in [-0.15, -0.1) is 0 Å². The van der Waals surface area contributed by atoms with Gasteiger partial charge in [-0.2, -0.15) is 0 Å². The van der Waals surface area contributed by atoms with E-state index in [9.17, 15) is 9.59 Å². The van der Waals surface area contributed by atoms with Crippen molar-refractivity contribution in [3.63, 3.8) is 0 Å². The molecular weight excluding hydrogens is 328 g/mol. The molecule has 0 radical (unpaired) electrons. The Bertz CT molecular complexity index is 792. The van der Waals surface area contributed by atoms with Gasteiger partial charge >= 0.3 is 0 Å². The first-order valence-corrected chi connectivity index (χ1v) is 8.11. The summed E-state index contributed by atoms with van der Waals surface area (Å²) in [4.78, 5) is 26.0. The number of nitrogens with one attached hydrogen (secondary N) is 1. The number of hydrogen-bond donors (Lipinski definition) is 1. The number of anilines is 2. The molecule has 0 unspecified atom stereocenters. The summed E-state index contributed by atoms with van der Waals surface area (Å²) in [5.74, 6) is 0.232. The van der Waals surface area contributed by atoms with Gasteiger partial charge in [0.05, 0.1) is 16.3 Å². The van der Waals surface area contributed by atoms with Crippen LogP contribution in [-0.2, 0) is 4.79 Å². The molecule has 6 heteroatoms. The van der Waals surface area contributed by atoms with E-state index in [2.05, 4.69) is 5.32 Å². The fourth-order valence-electron chi connectivity index (χ4n) is 2.59. The Morgan fingerprint density at radius 1 is 1.29 bits per heavy atom. The van der Waals surface area contributed by atoms with Crippen molar-refractivity contribution in [2.24, 2.45) is 0 Å². The third-order valence-corrected chi connectivity index (χ3v) is 4.06. The number of rotatable bonds is 4. The Morgan fingerprint density at radius 2 is 2.08 bits per heavy atom. The maximum atomic E-state index is 12.3. The quantitative estimate of drug-likeness (QED) is 0.919. The van der Waals surface area contributed by atoms with E-state index in [0.717, 1.165) is 12.1 Å². The van der Waals surface area contributed by atoms with E-state index in [1.54, 1.807) is 47.4 Å². The minimum Gasteiger partial charge on any atom is -0.481 e. The van der Waals surface area contributed by atoms with Gasteiger partial charge in [-0.3, -0.25) is 9.59 Å². The lowest BCUT2D eigenvalue weighted by molar-refractivity contribution is -0.121. The van der Waals surface area contributed by atoms with Crippen molar-refractivity contribution in [3.8, 4) is 5.75 Å². The molecule has 2 amide bonds. The van der Waals surface area contributed by atoms with Gasteiger partial charge in [-0.05, 0) is 30.7 Å². The molecule has 0 atom stereocenters. The average Bonchev–Trinajstić information content (AvgIpc) is 2.58. The zero-order valence-electron chi connectivity index (χ0n) is 13.2. The minimum absolute atomic E-state index is 0.00884. The topological polar surface area (TPSA) is 58.6 Å². The number of carbonyl (C=O) groups excluding carboxylic acids is 2. The molecular formula is C18H17ClN2O3. The summed E-state index contributed by atoms with van der Waals surface area (Å²) in [5.41, 5.74) is 1.72. The predicted molar refractivity (Wildman–Crippen MR) is 94.0 cm³/mol. The minimum atomic E-state index is -0.294. The summed E-state index contributed by atoms with van der Waals surface area (Å²) in [6.45, 7) is 2.66. The zero-order chi connectivity index (χ0) is 17.1. The fourth-order valence-corrected chi connectivity index (χ4v) is 2.82. The van der Waals surface area contributed by atoms with Crippen LogP contribution in [0.1, 0.15) is 23.7 Å². The summed E-state index contributed by atoms with van der Waals surface area (Å²) in [5, 5.41) is 3.19. The highest BCUT2D eigenvalue weighted by molar-refractivity contribution is 6.34. The van der Waals surface area contributed by atoms with Crippen molar-refractivity contribution < 1.29 is 14.3 Å². The van der Waals surface area contributed by atoms with E-state index in [0.29, 0.717) is 28.6 Å². The number of fused-ring (bicyclic) bond motifs is 1. The molecule has 3 rings (SSSR count). The van der Waals surface area contributed by atoms with Crippen molar-refractivity contribution in [1.82, 2.24) is 0 Å². The van der Waals surface area contributed by atoms with Gasteiger partial charge in [0.2, 0.25) is 0 Å². The van der Waals surface area contributed by atoms with Crippen molar-refractivity contribution in [2.75, 3.05) is 23.4 Å². The van der Waals surface area contributed by atoms with E-state index in [1.165, 1.54) is 0 Å². The number of carbonyl (C=O) groups is 2. The first-order valence-electron chi connectivity index (χ1n) is 7.73. The maximum Gasteiger partial charge on any atom is 0.265 e. The molecule has 2 aromatic rings. The summed E-state index contributed by atoms with van der Waals surface area (Å²) in [6, 6.07) is 12.1. The van der Waals surface area contributed by atoms with Crippen LogP contribution in [0.25, 0.3) is 0 Å². The molecule has 124 valence electrons. The number of halogens is 1. The highest BCUT2D eigenvalue weighted by atomic mass is 35.5. The third kappa shape index (κ3) is 3.21. The molecule has 1 heterocycles. The van der Waals surface area contributed by atoms with Gasteiger partial charge in [-0.1, -0.05) is 30.7 Å². The zero-order valence-corrected chi connectivity index (χ0v) is 14.0. The van der Waals surface area contributed by atoms with E-state index < -0.39 is 0 Å². The fraction of sp³-hybridized carbons (Fsp3) is 0.222. The molecule has 0 saturated carbocycles. The number of nitrogens with zero attached hydrogens (tertiary/aromatic N) is 1. The van der Waals surface area contributed by atoms with Crippen LogP contribution in [0.5, 0.6) is 5.75 Å².